The van der Waals surface area contributed by atoms with E-state index in [0.29, 0.717) is 6.42 Å². The van der Waals surface area contributed by atoms with Crippen LogP contribution in [0.3, 0.4) is 0 Å². The molecule has 5 heteroatoms. The van der Waals surface area contributed by atoms with Crippen molar-refractivity contribution in [3.63, 3.8) is 0 Å². The maximum atomic E-state index is 12.5. The van der Waals surface area contributed by atoms with Crippen LogP contribution in [0.15, 0.2) is 59.5 Å². The van der Waals surface area contributed by atoms with Gasteiger partial charge < -0.3 is 10.6 Å². The van der Waals surface area contributed by atoms with Crippen molar-refractivity contribution < 1.29 is 9.59 Å². The summed E-state index contributed by atoms with van der Waals surface area (Å²) in [4.78, 5) is 25.2. The standard InChI is InChI=1S/C20H24N2O2S/c1-3-9-19(23)21-16-12-8-13-17(14-16)25-18(4-2)20(24)22-15-10-6-5-7-11-15/h5-8,10-14,18H,3-4,9H2,1-2H3,(H,21,23)(H,22,24). The molecule has 2 aromatic carbocycles. The largest absolute Gasteiger partial charge is 0.326 e. The summed E-state index contributed by atoms with van der Waals surface area (Å²) in [6, 6.07) is 17.1. The number of hydrogen-bond acceptors (Lipinski definition) is 3. The highest BCUT2D eigenvalue weighted by Gasteiger charge is 2.18. The van der Waals surface area contributed by atoms with Crippen LogP contribution in [0.25, 0.3) is 0 Å². The van der Waals surface area contributed by atoms with E-state index in [2.05, 4.69) is 10.6 Å². The van der Waals surface area contributed by atoms with Crippen LogP contribution in [0.5, 0.6) is 0 Å². The van der Waals surface area contributed by atoms with E-state index in [1.54, 1.807) is 0 Å². The topological polar surface area (TPSA) is 58.2 Å². The summed E-state index contributed by atoms with van der Waals surface area (Å²) in [5, 5.41) is 5.65. The maximum absolute atomic E-state index is 12.5. The number of para-hydroxylation sites is 1. The Bertz CT molecular complexity index is 704. The third-order valence-corrected chi connectivity index (χ3v) is 4.94. The molecule has 132 valence electrons. The Hall–Kier alpha value is -2.27. The van der Waals surface area contributed by atoms with Crippen molar-refractivity contribution >= 4 is 35.0 Å². The smallest absolute Gasteiger partial charge is 0.237 e. The first-order chi connectivity index (χ1) is 12.1. The van der Waals surface area contributed by atoms with E-state index in [1.807, 2.05) is 68.4 Å². The van der Waals surface area contributed by atoms with Crippen molar-refractivity contribution in [2.75, 3.05) is 10.6 Å². The second-order valence-corrected chi connectivity index (χ2v) is 6.97. The van der Waals surface area contributed by atoms with Crippen LogP contribution in [0.1, 0.15) is 33.1 Å². The lowest BCUT2D eigenvalue weighted by molar-refractivity contribution is -0.116. The number of nitrogens with one attached hydrogen (secondary N) is 2. The molecule has 2 rings (SSSR count). The highest BCUT2D eigenvalue weighted by Crippen LogP contribution is 2.28. The summed E-state index contributed by atoms with van der Waals surface area (Å²) in [6.45, 7) is 3.97. The molecule has 0 bridgehead atoms. The lowest BCUT2D eigenvalue weighted by Crippen LogP contribution is -2.24. The van der Waals surface area contributed by atoms with Crippen molar-refractivity contribution in [1.29, 1.82) is 0 Å². The fraction of sp³-hybridized carbons (Fsp3) is 0.300. The van der Waals surface area contributed by atoms with Crippen molar-refractivity contribution in [3.05, 3.63) is 54.6 Å². The van der Waals surface area contributed by atoms with Crippen LogP contribution in [0, 0.1) is 0 Å². The van der Waals surface area contributed by atoms with Crippen molar-refractivity contribution in [2.24, 2.45) is 0 Å². The lowest BCUT2D eigenvalue weighted by Gasteiger charge is -2.15. The lowest BCUT2D eigenvalue weighted by atomic mass is 10.2. The second-order valence-electron chi connectivity index (χ2n) is 5.70. The van der Waals surface area contributed by atoms with Gasteiger partial charge in [0.1, 0.15) is 0 Å². The Labute approximate surface area is 153 Å². The van der Waals surface area contributed by atoms with Gasteiger partial charge in [0.15, 0.2) is 0 Å². The molecule has 0 saturated carbocycles. The maximum Gasteiger partial charge on any atom is 0.237 e. The molecule has 2 aromatic rings. The summed E-state index contributed by atoms with van der Waals surface area (Å²) < 4.78 is 0. The first-order valence-corrected chi connectivity index (χ1v) is 9.42. The molecule has 0 aromatic heterocycles. The number of anilines is 2. The molecule has 1 atom stereocenters. The highest BCUT2D eigenvalue weighted by atomic mass is 32.2. The van der Waals surface area contributed by atoms with Crippen LogP contribution in [0.2, 0.25) is 0 Å². The van der Waals surface area contributed by atoms with E-state index in [-0.39, 0.29) is 17.1 Å². The van der Waals surface area contributed by atoms with Gasteiger partial charge >= 0.3 is 0 Å². The molecule has 0 aliphatic heterocycles. The van der Waals surface area contributed by atoms with Gasteiger partial charge in [0.05, 0.1) is 5.25 Å². The van der Waals surface area contributed by atoms with Crippen LogP contribution in [-0.2, 0) is 9.59 Å². The Kier molecular flexibility index (Phi) is 7.54. The molecule has 0 spiro atoms. The average Bonchev–Trinajstić information content (AvgIpc) is 2.61. The number of hydrogen-bond donors (Lipinski definition) is 2. The fourth-order valence-electron chi connectivity index (χ4n) is 2.33. The van der Waals surface area contributed by atoms with Crippen LogP contribution in [-0.4, -0.2) is 17.1 Å². The summed E-state index contributed by atoms with van der Waals surface area (Å²) in [5.41, 5.74) is 1.56. The third-order valence-electron chi connectivity index (χ3n) is 3.58. The highest BCUT2D eigenvalue weighted by molar-refractivity contribution is 8.00. The number of amides is 2. The van der Waals surface area contributed by atoms with Crippen LogP contribution < -0.4 is 10.6 Å². The molecular formula is C20H24N2O2S. The first kappa shape index (κ1) is 19.1. The molecule has 2 amide bonds. The Morgan fingerprint density at radius 1 is 0.960 bits per heavy atom. The zero-order valence-corrected chi connectivity index (χ0v) is 15.4. The Balaban J connectivity index is 2.00. The normalized spacial score (nSPS) is 11.6. The second kappa shape index (κ2) is 9.89. The predicted molar refractivity (Wildman–Crippen MR) is 105 cm³/mol. The van der Waals surface area contributed by atoms with E-state index in [4.69, 9.17) is 0 Å². The zero-order chi connectivity index (χ0) is 18.1. The van der Waals surface area contributed by atoms with E-state index < -0.39 is 0 Å². The number of benzene rings is 2. The molecule has 0 saturated heterocycles. The SMILES string of the molecule is CCCC(=O)Nc1cccc(SC(CC)C(=O)Nc2ccccc2)c1. The van der Waals surface area contributed by atoms with Crippen LogP contribution in [0.4, 0.5) is 11.4 Å². The average molecular weight is 356 g/mol. The minimum Gasteiger partial charge on any atom is -0.326 e. The van der Waals surface area contributed by atoms with Gasteiger partial charge in [-0.1, -0.05) is 38.1 Å². The number of rotatable bonds is 8. The van der Waals surface area contributed by atoms with Crippen molar-refractivity contribution in [2.45, 2.75) is 43.3 Å². The predicted octanol–water partition coefficient (Wildman–Crippen LogP) is 4.93. The first-order valence-electron chi connectivity index (χ1n) is 8.54. The summed E-state index contributed by atoms with van der Waals surface area (Å²) in [5.74, 6) is -0.00219. The zero-order valence-electron chi connectivity index (χ0n) is 14.6. The van der Waals surface area contributed by atoms with Gasteiger partial charge in [0.2, 0.25) is 11.8 Å². The summed E-state index contributed by atoms with van der Waals surface area (Å²) >= 11 is 1.51. The summed E-state index contributed by atoms with van der Waals surface area (Å²) in [6.07, 6.45) is 2.04. The van der Waals surface area contributed by atoms with Crippen LogP contribution >= 0.6 is 11.8 Å². The molecule has 1 unspecified atom stereocenters. The van der Waals surface area contributed by atoms with E-state index >= 15 is 0 Å². The van der Waals surface area contributed by atoms with Gasteiger partial charge in [0, 0.05) is 22.7 Å². The molecule has 0 fully saturated rings. The molecule has 0 aliphatic carbocycles. The molecule has 2 N–H and O–H groups in total. The Morgan fingerprint density at radius 2 is 1.68 bits per heavy atom. The van der Waals surface area contributed by atoms with E-state index in [0.717, 1.165) is 29.1 Å². The molecule has 0 aliphatic rings. The minimum absolute atomic E-state index is 0.0125. The Morgan fingerprint density at radius 3 is 2.36 bits per heavy atom. The third kappa shape index (κ3) is 6.27. The van der Waals surface area contributed by atoms with Gasteiger partial charge in [-0.25, -0.2) is 0 Å². The van der Waals surface area contributed by atoms with E-state index in [9.17, 15) is 9.59 Å². The molecule has 0 heterocycles. The molecular weight excluding hydrogens is 332 g/mol. The van der Waals surface area contributed by atoms with Crippen molar-refractivity contribution in [1.82, 2.24) is 0 Å². The van der Waals surface area contributed by atoms with Gasteiger partial charge in [-0.15, -0.1) is 11.8 Å². The van der Waals surface area contributed by atoms with Gasteiger partial charge in [-0.05, 0) is 43.2 Å². The number of carbonyl (C=O) groups is 2. The van der Waals surface area contributed by atoms with Gasteiger partial charge in [-0.2, -0.15) is 0 Å². The fourth-order valence-corrected chi connectivity index (χ4v) is 3.34. The molecule has 4 nitrogen and oxygen atoms in total. The minimum atomic E-state index is -0.193. The summed E-state index contributed by atoms with van der Waals surface area (Å²) in [7, 11) is 0. The van der Waals surface area contributed by atoms with E-state index in [1.165, 1.54) is 11.8 Å². The van der Waals surface area contributed by atoms with Crippen molar-refractivity contribution in [3.8, 4) is 0 Å². The quantitative estimate of drug-likeness (QED) is 0.659. The van der Waals surface area contributed by atoms with Gasteiger partial charge in [0.25, 0.3) is 0 Å². The monoisotopic (exact) mass is 356 g/mol. The number of carbonyl (C=O) groups excluding carboxylic acids is 2. The molecule has 0 radical (unpaired) electrons. The van der Waals surface area contributed by atoms with Gasteiger partial charge in [-0.3, -0.25) is 9.59 Å². The molecule has 25 heavy (non-hydrogen) atoms. The number of thioether (sulfide) groups is 1.